The molecule has 1 aromatic carbocycles. The topological polar surface area (TPSA) is 87.6 Å². The fourth-order valence-corrected chi connectivity index (χ4v) is 3.28. The van der Waals surface area contributed by atoms with Crippen molar-refractivity contribution in [3.63, 3.8) is 0 Å². The van der Waals surface area contributed by atoms with E-state index in [1.807, 2.05) is 32.3 Å². The van der Waals surface area contributed by atoms with E-state index in [1.165, 1.54) is 0 Å². The molecule has 0 saturated carbocycles. The van der Waals surface area contributed by atoms with Crippen molar-refractivity contribution in [2.24, 2.45) is 4.99 Å². The third-order valence-corrected chi connectivity index (χ3v) is 4.50. The molecule has 3 aromatic rings. The van der Waals surface area contributed by atoms with Gasteiger partial charge in [-0.3, -0.25) is 5.10 Å². The highest BCUT2D eigenvalue weighted by Gasteiger charge is 2.41. The quantitative estimate of drug-likeness (QED) is 0.740. The monoisotopic (exact) mass is 335 g/mol. The molecule has 8 nitrogen and oxygen atoms in total. The minimum Gasteiger partial charge on any atom is -0.309 e. The summed E-state index contributed by atoms with van der Waals surface area (Å²) in [5, 5.41) is 15.1. The summed E-state index contributed by atoms with van der Waals surface area (Å²) in [6.45, 7) is 8.63. The van der Waals surface area contributed by atoms with Crippen molar-refractivity contribution >= 4 is 22.6 Å². The molecular formula is C17H17N7O. The number of aromatic nitrogens is 4. The largest absolute Gasteiger partial charge is 0.309 e. The Bertz CT molecular complexity index is 978. The molecule has 0 aliphatic carbocycles. The van der Waals surface area contributed by atoms with Gasteiger partial charge in [0.05, 0.1) is 12.1 Å². The number of rotatable bonds is 4. The van der Waals surface area contributed by atoms with Crippen LogP contribution in [0.4, 0.5) is 5.82 Å². The van der Waals surface area contributed by atoms with E-state index < -0.39 is 6.04 Å². The fourth-order valence-electron chi connectivity index (χ4n) is 3.28. The minimum atomic E-state index is -0.396. The van der Waals surface area contributed by atoms with E-state index in [0.29, 0.717) is 16.9 Å². The zero-order valence-electron chi connectivity index (χ0n) is 14.0. The van der Waals surface area contributed by atoms with E-state index in [1.54, 1.807) is 6.20 Å². The van der Waals surface area contributed by atoms with Crippen LogP contribution in [0.5, 0.6) is 0 Å². The SMILES string of the molecule is [C-]#[N+]C1C(CCN(C)C)=Nc2[nH]ncc2C1c1cccc2nonc12. The lowest BCUT2D eigenvalue weighted by Crippen LogP contribution is -2.31. The molecule has 4 rings (SSSR count). The van der Waals surface area contributed by atoms with Gasteiger partial charge in [-0.1, -0.05) is 12.1 Å². The van der Waals surface area contributed by atoms with E-state index in [2.05, 4.69) is 35.2 Å². The van der Waals surface area contributed by atoms with Gasteiger partial charge >= 0.3 is 0 Å². The van der Waals surface area contributed by atoms with Crippen LogP contribution in [-0.4, -0.2) is 57.8 Å². The summed E-state index contributed by atoms with van der Waals surface area (Å²) in [6, 6.07) is 5.34. The molecule has 25 heavy (non-hydrogen) atoms. The van der Waals surface area contributed by atoms with Crippen LogP contribution in [0.1, 0.15) is 23.5 Å². The van der Waals surface area contributed by atoms with Gasteiger partial charge < -0.3 is 9.74 Å². The van der Waals surface area contributed by atoms with Gasteiger partial charge in [0.2, 0.25) is 0 Å². The Kier molecular flexibility index (Phi) is 3.78. The number of aliphatic imine (C=N–C) groups is 1. The van der Waals surface area contributed by atoms with Gasteiger partial charge in [0.1, 0.15) is 16.7 Å². The average Bonchev–Trinajstić information content (AvgIpc) is 3.26. The number of fused-ring (bicyclic) bond motifs is 2. The van der Waals surface area contributed by atoms with Crippen LogP contribution in [0.2, 0.25) is 0 Å². The molecule has 1 aliphatic heterocycles. The summed E-state index contributed by atoms with van der Waals surface area (Å²) >= 11 is 0. The van der Waals surface area contributed by atoms with Gasteiger partial charge in [0, 0.05) is 18.5 Å². The molecule has 126 valence electrons. The first-order valence-electron chi connectivity index (χ1n) is 8.02. The molecule has 0 saturated heterocycles. The number of aromatic amines is 1. The van der Waals surface area contributed by atoms with Crippen LogP contribution in [0, 0.1) is 6.57 Å². The third kappa shape index (κ3) is 2.58. The second-order valence-corrected chi connectivity index (χ2v) is 6.36. The predicted molar refractivity (Wildman–Crippen MR) is 92.9 cm³/mol. The highest BCUT2D eigenvalue weighted by atomic mass is 16.6. The second kappa shape index (κ2) is 6.11. The van der Waals surface area contributed by atoms with Crippen LogP contribution < -0.4 is 0 Å². The van der Waals surface area contributed by atoms with Gasteiger partial charge in [-0.2, -0.15) is 5.10 Å². The van der Waals surface area contributed by atoms with Gasteiger partial charge in [-0.25, -0.2) is 16.2 Å². The standard InChI is InChI=1S/C17H17N7O/c1-18-16-12(7-8-24(2)3)20-17-11(9-19-21-17)14(16)10-5-4-6-13-15(10)23-25-22-13/h4-6,9,14,16H,7-8H2,2-3H3,(H,19,21). The fraction of sp³-hybridized carbons (Fsp3) is 0.353. The predicted octanol–water partition coefficient (Wildman–Crippen LogP) is 2.40. The summed E-state index contributed by atoms with van der Waals surface area (Å²) < 4.78 is 4.90. The van der Waals surface area contributed by atoms with Crippen molar-refractivity contribution in [2.45, 2.75) is 18.4 Å². The lowest BCUT2D eigenvalue weighted by Gasteiger charge is -2.24. The van der Waals surface area contributed by atoms with Crippen molar-refractivity contribution in [3.05, 3.63) is 46.9 Å². The molecule has 0 fully saturated rings. The molecule has 3 heterocycles. The molecule has 0 radical (unpaired) electrons. The first-order valence-corrected chi connectivity index (χ1v) is 8.02. The molecule has 8 heteroatoms. The maximum absolute atomic E-state index is 7.80. The van der Waals surface area contributed by atoms with Crippen molar-refractivity contribution < 1.29 is 4.63 Å². The first kappa shape index (κ1) is 15.5. The number of nitrogens with zero attached hydrogens (tertiary/aromatic N) is 6. The van der Waals surface area contributed by atoms with E-state index in [9.17, 15) is 0 Å². The normalized spacial score (nSPS) is 19.7. The lowest BCUT2D eigenvalue weighted by molar-refractivity contribution is 0.315. The minimum absolute atomic E-state index is 0.198. The molecule has 2 unspecified atom stereocenters. The molecule has 1 N–H and O–H groups in total. The van der Waals surface area contributed by atoms with E-state index in [0.717, 1.165) is 29.8 Å². The van der Waals surface area contributed by atoms with Crippen molar-refractivity contribution in [3.8, 4) is 0 Å². The Balaban J connectivity index is 1.85. The summed E-state index contributed by atoms with van der Waals surface area (Å²) in [5.41, 5.74) is 4.05. The molecule has 2 atom stereocenters. The van der Waals surface area contributed by atoms with Crippen molar-refractivity contribution in [1.29, 1.82) is 0 Å². The zero-order chi connectivity index (χ0) is 17.4. The molecule has 2 aromatic heterocycles. The van der Waals surface area contributed by atoms with Gasteiger partial charge in [0.25, 0.3) is 6.04 Å². The Labute approximate surface area is 144 Å². The maximum Gasteiger partial charge on any atom is 0.272 e. The summed E-state index contributed by atoms with van der Waals surface area (Å²) in [4.78, 5) is 10.7. The van der Waals surface area contributed by atoms with Gasteiger partial charge in [0.15, 0.2) is 5.82 Å². The zero-order valence-corrected chi connectivity index (χ0v) is 14.0. The molecule has 0 bridgehead atoms. The molecule has 0 amide bonds. The Hall–Kier alpha value is -3.05. The number of H-pyrrole nitrogens is 1. The number of hydrogen-bond donors (Lipinski definition) is 1. The third-order valence-electron chi connectivity index (χ3n) is 4.50. The van der Waals surface area contributed by atoms with Crippen LogP contribution in [0.25, 0.3) is 15.9 Å². The number of nitrogens with one attached hydrogen (secondary N) is 1. The highest BCUT2D eigenvalue weighted by Crippen LogP contribution is 2.41. The number of hydrogen-bond acceptors (Lipinski definition) is 6. The Morgan fingerprint density at radius 1 is 1.28 bits per heavy atom. The molecule has 0 spiro atoms. The summed E-state index contributed by atoms with van der Waals surface area (Å²) in [7, 11) is 4.02. The van der Waals surface area contributed by atoms with Crippen LogP contribution in [0.15, 0.2) is 34.0 Å². The van der Waals surface area contributed by atoms with E-state index in [-0.39, 0.29) is 5.92 Å². The van der Waals surface area contributed by atoms with Crippen LogP contribution in [-0.2, 0) is 0 Å². The van der Waals surface area contributed by atoms with E-state index >= 15 is 0 Å². The van der Waals surface area contributed by atoms with Crippen LogP contribution >= 0.6 is 0 Å². The number of benzene rings is 1. The average molecular weight is 335 g/mol. The van der Waals surface area contributed by atoms with E-state index in [4.69, 9.17) is 11.2 Å². The summed E-state index contributed by atoms with van der Waals surface area (Å²) in [5.74, 6) is 0.517. The van der Waals surface area contributed by atoms with Crippen LogP contribution in [0.3, 0.4) is 0 Å². The first-order chi connectivity index (χ1) is 12.2. The van der Waals surface area contributed by atoms with Gasteiger partial charge in [-0.15, -0.1) is 0 Å². The second-order valence-electron chi connectivity index (χ2n) is 6.36. The van der Waals surface area contributed by atoms with Gasteiger partial charge in [-0.05, 0) is 36.0 Å². The Morgan fingerprint density at radius 2 is 2.16 bits per heavy atom. The van der Waals surface area contributed by atoms with Crippen molar-refractivity contribution in [2.75, 3.05) is 20.6 Å². The molecular weight excluding hydrogens is 318 g/mol. The maximum atomic E-state index is 7.80. The highest BCUT2D eigenvalue weighted by molar-refractivity contribution is 5.97. The van der Waals surface area contributed by atoms with Crippen molar-refractivity contribution in [1.82, 2.24) is 25.4 Å². The summed E-state index contributed by atoms with van der Waals surface area (Å²) in [6.07, 6.45) is 2.47. The smallest absolute Gasteiger partial charge is 0.272 e. The Morgan fingerprint density at radius 3 is 2.96 bits per heavy atom. The lowest BCUT2D eigenvalue weighted by atomic mass is 9.81. The molecule has 1 aliphatic rings.